The van der Waals surface area contributed by atoms with E-state index in [1.54, 1.807) is 0 Å². The Hall–Kier alpha value is -0.830. The molecule has 0 spiro atoms. The summed E-state index contributed by atoms with van der Waals surface area (Å²) in [7, 11) is 0. The molecule has 0 aliphatic heterocycles. The first-order chi connectivity index (χ1) is 12.8. The third-order valence-corrected chi connectivity index (χ3v) is 4.94. The molecule has 0 saturated carbocycles. The topological polar surface area (TPSA) is 49.3 Å². The molecule has 0 radical (unpaired) electrons. The summed E-state index contributed by atoms with van der Waals surface area (Å²) in [6, 6.07) is -0.212. The number of nitrogens with one attached hydrogen (secondary N) is 1. The highest BCUT2D eigenvalue weighted by molar-refractivity contribution is 5.73. The molecule has 0 fully saturated rings. The number of hydrogen-bond acceptors (Lipinski definition) is 2. The normalized spacial score (nSPS) is 14.4. The quantitative estimate of drug-likeness (QED) is 0.235. The van der Waals surface area contributed by atoms with Crippen LogP contribution in [0.25, 0.3) is 0 Å². The average molecular weight is 382 g/mol. The van der Waals surface area contributed by atoms with Gasteiger partial charge in [-0.1, -0.05) is 104 Å². The van der Waals surface area contributed by atoms with Crippen LogP contribution in [0.5, 0.6) is 0 Å². The fourth-order valence-electron chi connectivity index (χ4n) is 3.47. The van der Waals surface area contributed by atoms with Crippen molar-refractivity contribution in [3.63, 3.8) is 0 Å². The molecular weight excluding hydrogens is 334 g/mol. The van der Waals surface area contributed by atoms with Crippen LogP contribution in [0.2, 0.25) is 0 Å². The maximum atomic E-state index is 11.4. The largest absolute Gasteiger partial charge is 0.387 e. The Labute approximate surface area is 169 Å². The van der Waals surface area contributed by atoms with Crippen molar-refractivity contribution in [3.05, 3.63) is 12.2 Å². The van der Waals surface area contributed by atoms with E-state index in [9.17, 15) is 9.90 Å². The molecule has 2 N–H and O–H groups in total. The molecule has 0 aromatic rings. The second-order valence-electron chi connectivity index (χ2n) is 9.31. The van der Waals surface area contributed by atoms with E-state index in [0.717, 1.165) is 12.8 Å². The Morgan fingerprint density at radius 1 is 0.926 bits per heavy atom. The molecule has 3 heteroatoms. The van der Waals surface area contributed by atoms with E-state index in [0.29, 0.717) is 0 Å². The number of carbonyl (C=O) groups is 1. The molecule has 2 atom stereocenters. The zero-order valence-corrected chi connectivity index (χ0v) is 18.9. The van der Waals surface area contributed by atoms with Crippen molar-refractivity contribution in [1.82, 2.24) is 5.32 Å². The Morgan fingerprint density at radius 3 is 1.85 bits per heavy atom. The minimum absolute atomic E-state index is 0.0674. The van der Waals surface area contributed by atoms with Gasteiger partial charge in [-0.2, -0.15) is 0 Å². The monoisotopic (exact) mass is 381 g/mol. The molecular formula is C24H47NO2. The van der Waals surface area contributed by atoms with Crippen molar-refractivity contribution in [3.8, 4) is 0 Å². The van der Waals surface area contributed by atoms with Crippen LogP contribution in [-0.2, 0) is 4.79 Å². The Kier molecular flexibility index (Phi) is 15.7. The van der Waals surface area contributed by atoms with Crippen LogP contribution in [0.15, 0.2) is 12.2 Å². The number of aliphatic hydroxyl groups excluding tert-OH is 1. The first kappa shape index (κ1) is 26.2. The van der Waals surface area contributed by atoms with Crippen LogP contribution in [-0.4, -0.2) is 23.2 Å². The Balaban J connectivity index is 3.79. The molecule has 0 saturated heterocycles. The lowest BCUT2D eigenvalue weighted by Gasteiger charge is -2.28. The Bertz CT molecular complexity index is 384. The van der Waals surface area contributed by atoms with Crippen LogP contribution < -0.4 is 5.32 Å². The lowest BCUT2D eigenvalue weighted by Crippen LogP contribution is -2.43. The predicted octanol–water partition coefficient (Wildman–Crippen LogP) is 6.55. The van der Waals surface area contributed by atoms with E-state index < -0.39 is 6.10 Å². The second-order valence-corrected chi connectivity index (χ2v) is 9.31. The Morgan fingerprint density at radius 2 is 1.41 bits per heavy atom. The second kappa shape index (κ2) is 16.2. The van der Waals surface area contributed by atoms with Gasteiger partial charge >= 0.3 is 0 Å². The van der Waals surface area contributed by atoms with E-state index in [1.807, 2.05) is 6.08 Å². The van der Waals surface area contributed by atoms with Gasteiger partial charge in [0.25, 0.3) is 0 Å². The fourth-order valence-corrected chi connectivity index (χ4v) is 3.47. The van der Waals surface area contributed by atoms with E-state index in [2.05, 4.69) is 39.1 Å². The smallest absolute Gasteiger partial charge is 0.217 e. The van der Waals surface area contributed by atoms with Gasteiger partial charge in [-0.15, -0.1) is 0 Å². The number of rotatable bonds is 16. The molecule has 0 bridgehead atoms. The van der Waals surface area contributed by atoms with Crippen LogP contribution in [0.3, 0.4) is 0 Å². The van der Waals surface area contributed by atoms with Gasteiger partial charge in [0.2, 0.25) is 5.91 Å². The molecule has 2 unspecified atom stereocenters. The third kappa shape index (κ3) is 18.3. The molecule has 0 aromatic heterocycles. The van der Waals surface area contributed by atoms with Gasteiger partial charge in [0.15, 0.2) is 0 Å². The summed E-state index contributed by atoms with van der Waals surface area (Å²) in [4.78, 5) is 11.4. The number of hydrogen-bond donors (Lipinski definition) is 2. The highest BCUT2D eigenvalue weighted by Gasteiger charge is 2.24. The summed E-state index contributed by atoms with van der Waals surface area (Å²) in [6.45, 7) is 10.2. The van der Waals surface area contributed by atoms with E-state index in [4.69, 9.17) is 0 Å². The first-order valence-corrected chi connectivity index (χ1v) is 11.4. The van der Waals surface area contributed by atoms with Crippen LogP contribution in [0, 0.1) is 5.41 Å². The molecule has 160 valence electrons. The minimum atomic E-state index is -0.610. The highest BCUT2D eigenvalue weighted by Crippen LogP contribution is 2.22. The first-order valence-electron chi connectivity index (χ1n) is 11.4. The van der Waals surface area contributed by atoms with Crippen molar-refractivity contribution in [2.24, 2.45) is 5.41 Å². The summed E-state index contributed by atoms with van der Waals surface area (Å²) in [6.07, 6.45) is 20.0. The predicted molar refractivity (Wildman–Crippen MR) is 118 cm³/mol. The molecule has 0 heterocycles. The molecule has 0 rings (SSSR count). The summed E-state index contributed by atoms with van der Waals surface area (Å²) < 4.78 is 0. The molecule has 0 aliphatic rings. The van der Waals surface area contributed by atoms with Gasteiger partial charge in [-0.05, 0) is 24.7 Å². The molecule has 1 amide bonds. The van der Waals surface area contributed by atoms with Gasteiger partial charge in [-0.3, -0.25) is 4.79 Å². The molecule has 3 nitrogen and oxygen atoms in total. The lowest BCUT2D eigenvalue weighted by atomic mass is 9.86. The SMILES string of the molecule is CCCCCCCCCCCCC/C=C/C(O)C(CC(C)(C)C)NC(C)=O. The summed E-state index contributed by atoms with van der Waals surface area (Å²) in [5.41, 5.74) is 0.0674. The zero-order chi connectivity index (χ0) is 20.5. The average Bonchev–Trinajstić information content (AvgIpc) is 2.56. The summed E-state index contributed by atoms with van der Waals surface area (Å²) in [5, 5.41) is 13.3. The van der Waals surface area contributed by atoms with Crippen molar-refractivity contribution >= 4 is 5.91 Å². The molecule has 0 aromatic carbocycles. The maximum Gasteiger partial charge on any atom is 0.217 e. The van der Waals surface area contributed by atoms with Crippen LogP contribution in [0.1, 0.15) is 118 Å². The van der Waals surface area contributed by atoms with E-state index in [1.165, 1.54) is 77.6 Å². The minimum Gasteiger partial charge on any atom is -0.387 e. The van der Waals surface area contributed by atoms with Gasteiger partial charge in [-0.25, -0.2) is 0 Å². The fraction of sp³-hybridized carbons (Fsp3) is 0.875. The third-order valence-electron chi connectivity index (χ3n) is 4.94. The summed E-state index contributed by atoms with van der Waals surface area (Å²) in [5.74, 6) is -0.0814. The van der Waals surface area contributed by atoms with Crippen LogP contribution in [0.4, 0.5) is 0 Å². The number of allylic oxidation sites excluding steroid dienone is 1. The number of unbranched alkanes of at least 4 members (excludes halogenated alkanes) is 11. The maximum absolute atomic E-state index is 11.4. The number of aliphatic hydroxyl groups is 1. The highest BCUT2D eigenvalue weighted by atomic mass is 16.3. The van der Waals surface area contributed by atoms with E-state index in [-0.39, 0.29) is 17.4 Å². The molecule has 0 aliphatic carbocycles. The lowest BCUT2D eigenvalue weighted by molar-refractivity contribution is -0.120. The summed E-state index contributed by atoms with van der Waals surface area (Å²) >= 11 is 0. The number of carbonyl (C=O) groups excluding carboxylic acids is 1. The van der Waals surface area contributed by atoms with Crippen LogP contribution >= 0.6 is 0 Å². The van der Waals surface area contributed by atoms with Crippen molar-refractivity contribution in [2.45, 2.75) is 130 Å². The van der Waals surface area contributed by atoms with Gasteiger partial charge in [0.1, 0.15) is 0 Å². The van der Waals surface area contributed by atoms with Crippen molar-refractivity contribution in [1.29, 1.82) is 0 Å². The van der Waals surface area contributed by atoms with Gasteiger partial charge in [0.05, 0.1) is 12.1 Å². The van der Waals surface area contributed by atoms with E-state index >= 15 is 0 Å². The zero-order valence-electron chi connectivity index (χ0n) is 18.9. The number of amides is 1. The molecule has 27 heavy (non-hydrogen) atoms. The van der Waals surface area contributed by atoms with Crippen molar-refractivity contribution in [2.75, 3.05) is 0 Å². The van der Waals surface area contributed by atoms with Gasteiger partial charge < -0.3 is 10.4 Å². The van der Waals surface area contributed by atoms with Gasteiger partial charge in [0, 0.05) is 6.92 Å². The van der Waals surface area contributed by atoms with Crippen molar-refractivity contribution < 1.29 is 9.90 Å². The standard InChI is InChI=1S/C24H47NO2/c1-6-7-8-9-10-11-12-13-14-15-16-17-18-19-23(27)22(25-21(2)26)20-24(3,4)5/h18-19,22-23,27H,6-17,20H2,1-5H3,(H,25,26)/b19-18+.